The van der Waals surface area contributed by atoms with Gasteiger partial charge in [-0.15, -0.1) is 0 Å². The second-order valence-corrected chi connectivity index (χ2v) is 7.81. The standard InChI is InChI=1S/C22H27N3O3/c1-12(2)8-15(23)11-28-20-10-19-18(9-17(20)14(4)26)16-6-7-24-13(3)21(16)22(27)25(19)5/h6-7,9-10,12,15H,8,11,23H2,1-5H3/t15-/m0/s1. The molecule has 0 aliphatic rings. The molecule has 0 amide bonds. The number of hydrogen-bond donors (Lipinski definition) is 1. The number of aryl methyl sites for hydroxylation is 2. The van der Waals surface area contributed by atoms with Crippen molar-refractivity contribution < 1.29 is 9.53 Å². The molecule has 0 aliphatic heterocycles. The number of aromatic nitrogens is 2. The Balaban J connectivity index is 2.20. The van der Waals surface area contributed by atoms with Crippen LogP contribution in [0.1, 0.15) is 43.2 Å². The average Bonchev–Trinajstić information content (AvgIpc) is 2.63. The Morgan fingerprint density at radius 2 is 2.00 bits per heavy atom. The van der Waals surface area contributed by atoms with Crippen molar-refractivity contribution in [3.05, 3.63) is 46.0 Å². The number of carbonyl (C=O) groups is 1. The molecule has 0 aliphatic carbocycles. The summed E-state index contributed by atoms with van der Waals surface area (Å²) in [4.78, 5) is 29.4. The number of ether oxygens (including phenoxy) is 1. The van der Waals surface area contributed by atoms with Crippen LogP contribution in [0.5, 0.6) is 5.75 Å². The summed E-state index contributed by atoms with van der Waals surface area (Å²) in [5, 5.41) is 2.18. The molecule has 0 radical (unpaired) electrons. The third kappa shape index (κ3) is 3.64. The van der Waals surface area contributed by atoms with Gasteiger partial charge in [-0.05, 0) is 43.7 Å². The fourth-order valence-corrected chi connectivity index (χ4v) is 3.67. The summed E-state index contributed by atoms with van der Waals surface area (Å²) in [6, 6.07) is 5.27. The van der Waals surface area contributed by atoms with E-state index in [4.69, 9.17) is 10.5 Å². The second kappa shape index (κ2) is 7.72. The van der Waals surface area contributed by atoms with E-state index in [-0.39, 0.29) is 17.4 Å². The molecule has 2 N–H and O–H groups in total. The molecule has 2 aromatic heterocycles. The first-order chi connectivity index (χ1) is 13.2. The van der Waals surface area contributed by atoms with Gasteiger partial charge in [0.1, 0.15) is 12.4 Å². The maximum atomic E-state index is 12.9. The fourth-order valence-electron chi connectivity index (χ4n) is 3.67. The summed E-state index contributed by atoms with van der Waals surface area (Å²) < 4.78 is 7.51. The lowest BCUT2D eigenvalue weighted by Crippen LogP contribution is -2.29. The minimum Gasteiger partial charge on any atom is -0.491 e. The molecule has 3 aromatic rings. The first-order valence-electron chi connectivity index (χ1n) is 9.52. The predicted octanol–water partition coefficient (Wildman–Crippen LogP) is 3.35. The maximum absolute atomic E-state index is 12.9. The number of nitrogens with two attached hydrogens (primary N) is 1. The molecule has 0 bridgehead atoms. The number of hydrogen-bond acceptors (Lipinski definition) is 5. The van der Waals surface area contributed by atoms with Gasteiger partial charge in [-0.25, -0.2) is 0 Å². The smallest absolute Gasteiger partial charge is 0.260 e. The third-order valence-corrected chi connectivity index (χ3v) is 5.01. The van der Waals surface area contributed by atoms with Crippen molar-refractivity contribution in [1.29, 1.82) is 0 Å². The summed E-state index contributed by atoms with van der Waals surface area (Å²) in [6.45, 7) is 7.85. The van der Waals surface area contributed by atoms with E-state index in [1.807, 2.05) is 19.1 Å². The molecule has 6 heteroatoms. The van der Waals surface area contributed by atoms with Crippen molar-refractivity contribution in [2.24, 2.45) is 18.7 Å². The van der Waals surface area contributed by atoms with Crippen LogP contribution in [0.3, 0.4) is 0 Å². The van der Waals surface area contributed by atoms with Crippen molar-refractivity contribution in [2.75, 3.05) is 6.61 Å². The minimum absolute atomic E-state index is 0.0953. The number of benzene rings is 1. The monoisotopic (exact) mass is 381 g/mol. The van der Waals surface area contributed by atoms with Gasteiger partial charge >= 0.3 is 0 Å². The van der Waals surface area contributed by atoms with E-state index >= 15 is 0 Å². The lowest BCUT2D eigenvalue weighted by Gasteiger charge is -2.18. The van der Waals surface area contributed by atoms with Crippen LogP contribution in [0.4, 0.5) is 0 Å². The number of nitrogens with zero attached hydrogens (tertiary/aromatic N) is 2. The van der Waals surface area contributed by atoms with Gasteiger partial charge in [-0.1, -0.05) is 13.8 Å². The van der Waals surface area contributed by atoms with E-state index in [0.29, 0.717) is 40.4 Å². The van der Waals surface area contributed by atoms with Gasteiger partial charge in [0, 0.05) is 30.7 Å². The van der Waals surface area contributed by atoms with Crippen LogP contribution in [-0.2, 0) is 7.05 Å². The number of pyridine rings is 2. The lowest BCUT2D eigenvalue weighted by atomic mass is 10.0. The zero-order valence-corrected chi connectivity index (χ0v) is 17.1. The summed E-state index contributed by atoms with van der Waals surface area (Å²) in [5.41, 5.74) is 7.88. The molecule has 1 aromatic carbocycles. The van der Waals surface area contributed by atoms with Crippen LogP contribution in [0.25, 0.3) is 21.7 Å². The van der Waals surface area contributed by atoms with E-state index in [0.717, 1.165) is 17.2 Å². The SMILES string of the molecule is CC(=O)c1cc2c3ccnc(C)c3c(=O)n(C)c2cc1OC[C@@H](N)CC(C)C. The molecule has 28 heavy (non-hydrogen) atoms. The summed E-state index contributed by atoms with van der Waals surface area (Å²) >= 11 is 0. The molecule has 6 nitrogen and oxygen atoms in total. The first-order valence-corrected chi connectivity index (χ1v) is 9.52. The van der Waals surface area contributed by atoms with Gasteiger partial charge in [0.15, 0.2) is 5.78 Å². The van der Waals surface area contributed by atoms with Gasteiger partial charge in [0.25, 0.3) is 5.56 Å². The van der Waals surface area contributed by atoms with Crippen LogP contribution in [0, 0.1) is 12.8 Å². The van der Waals surface area contributed by atoms with Crippen LogP contribution >= 0.6 is 0 Å². The highest BCUT2D eigenvalue weighted by Crippen LogP contribution is 2.30. The highest BCUT2D eigenvalue weighted by molar-refractivity contribution is 6.10. The van der Waals surface area contributed by atoms with Crippen LogP contribution in [-0.4, -0.2) is 28.0 Å². The van der Waals surface area contributed by atoms with Gasteiger partial charge < -0.3 is 15.0 Å². The van der Waals surface area contributed by atoms with E-state index < -0.39 is 0 Å². The summed E-state index contributed by atoms with van der Waals surface area (Å²) in [5.74, 6) is 0.827. The quantitative estimate of drug-likeness (QED) is 0.523. The van der Waals surface area contributed by atoms with Crippen molar-refractivity contribution in [3.8, 4) is 5.75 Å². The highest BCUT2D eigenvalue weighted by atomic mass is 16.5. The molecule has 0 saturated heterocycles. The van der Waals surface area contributed by atoms with Gasteiger partial charge in [-0.2, -0.15) is 0 Å². The van der Waals surface area contributed by atoms with Crippen LogP contribution < -0.4 is 16.0 Å². The van der Waals surface area contributed by atoms with Crippen molar-refractivity contribution >= 4 is 27.5 Å². The maximum Gasteiger partial charge on any atom is 0.260 e. The Morgan fingerprint density at radius 3 is 2.64 bits per heavy atom. The molecule has 0 unspecified atom stereocenters. The van der Waals surface area contributed by atoms with Crippen molar-refractivity contribution in [3.63, 3.8) is 0 Å². The lowest BCUT2D eigenvalue weighted by molar-refractivity contribution is 0.101. The Bertz CT molecular complexity index is 1120. The molecule has 0 spiro atoms. The predicted molar refractivity (Wildman–Crippen MR) is 112 cm³/mol. The molecule has 3 rings (SSSR count). The largest absolute Gasteiger partial charge is 0.491 e. The Labute approximate surface area is 164 Å². The summed E-state index contributed by atoms with van der Waals surface area (Å²) in [7, 11) is 1.72. The van der Waals surface area contributed by atoms with Crippen LogP contribution in [0.2, 0.25) is 0 Å². The van der Waals surface area contributed by atoms with E-state index in [1.54, 1.807) is 23.9 Å². The number of rotatable bonds is 6. The Kier molecular flexibility index (Phi) is 5.52. The van der Waals surface area contributed by atoms with E-state index in [2.05, 4.69) is 18.8 Å². The molecule has 148 valence electrons. The second-order valence-electron chi connectivity index (χ2n) is 7.81. The molecule has 1 atom stereocenters. The Morgan fingerprint density at radius 1 is 1.29 bits per heavy atom. The number of fused-ring (bicyclic) bond motifs is 3. The number of Topliss-reactive ketones (excluding diaryl/α,β-unsaturated/α-hetero) is 1. The number of carbonyl (C=O) groups excluding carboxylic acids is 1. The average molecular weight is 381 g/mol. The third-order valence-electron chi connectivity index (χ3n) is 5.01. The first kappa shape index (κ1) is 20.0. The van der Waals surface area contributed by atoms with Crippen molar-refractivity contribution in [2.45, 2.75) is 40.2 Å². The molecular formula is C22H27N3O3. The molecule has 2 heterocycles. The van der Waals surface area contributed by atoms with Crippen LogP contribution in [0.15, 0.2) is 29.2 Å². The molecule has 0 fully saturated rings. The van der Waals surface area contributed by atoms with E-state index in [9.17, 15) is 9.59 Å². The van der Waals surface area contributed by atoms with E-state index in [1.165, 1.54) is 6.92 Å². The van der Waals surface area contributed by atoms with Gasteiger partial charge in [0.2, 0.25) is 0 Å². The molecule has 0 saturated carbocycles. The minimum atomic E-state index is -0.121. The Hall–Kier alpha value is -2.73. The van der Waals surface area contributed by atoms with Gasteiger partial charge in [-0.3, -0.25) is 14.6 Å². The van der Waals surface area contributed by atoms with Gasteiger partial charge in [0.05, 0.1) is 22.2 Å². The summed E-state index contributed by atoms with van der Waals surface area (Å²) in [6.07, 6.45) is 2.51. The zero-order valence-electron chi connectivity index (χ0n) is 17.1. The highest BCUT2D eigenvalue weighted by Gasteiger charge is 2.17. The molecular weight excluding hydrogens is 354 g/mol. The van der Waals surface area contributed by atoms with Crippen molar-refractivity contribution in [1.82, 2.24) is 9.55 Å². The fraction of sp³-hybridized carbons (Fsp3) is 0.409. The zero-order chi connectivity index (χ0) is 20.6. The topological polar surface area (TPSA) is 87.2 Å². The number of ketones is 1. The normalized spacial score (nSPS) is 12.7.